The monoisotopic (exact) mass is 233 g/mol. The van der Waals surface area contributed by atoms with E-state index in [9.17, 15) is 0 Å². The molecule has 1 heterocycles. The minimum atomic E-state index is 0.868. The Labute approximate surface area is 104 Å². The minimum Gasteiger partial charge on any atom is -0.399 e. The Bertz CT molecular complexity index is 343. The molecule has 1 aliphatic heterocycles. The van der Waals surface area contributed by atoms with Crippen molar-refractivity contribution in [2.45, 2.75) is 19.9 Å². The number of hydrogen-bond donors (Lipinski definition) is 1. The maximum absolute atomic E-state index is 5.80. The number of rotatable bonds is 4. The second-order valence-electron chi connectivity index (χ2n) is 4.86. The lowest BCUT2D eigenvalue weighted by Crippen LogP contribution is -2.45. The smallest absolute Gasteiger partial charge is 0.0317 e. The fourth-order valence-electron chi connectivity index (χ4n) is 2.44. The van der Waals surface area contributed by atoms with Crippen LogP contribution in [0.3, 0.4) is 0 Å². The van der Waals surface area contributed by atoms with Gasteiger partial charge in [-0.2, -0.15) is 0 Å². The van der Waals surface area contributed by atoms with Crippen LogP contribution in [0.2, 0.25) is 0 Å². The van der Waals surface area contributed by atoms with Gasteiger partial charge in [0.1, 0.15) is 0 Å². The van der Waals surface area contributed by atoms with Crippen molar-refractivity contribution in [1.82, 2.24) is 9.80 Å². The third-order valence-electron chi connectivity index (χ3n) is 3.36. The molecule has 1 saturated heterocycles. The first-order valence-electron chi connectivity index (χ1n) is 6.57. The number of anilines is 1. The van der Waals surface area contributed by atoms with Gasteiger partial charge in [-0.3, -0.25) is 4.90 Å². The highest BCUT2D eigenvalue weighted by molar-refractivity contribution is 5.40. The topological polar surface area (TPSA) is 32.5 Å². The number of piperazine rings is 1. The third-order valence-corrected chi connectivity index (χ3v) is 3.36. The summed E-state index contributed by atoms with van der Waals surface area (Å²) in [7, 11) is 0. The summed E-state index contributed by atoms with van der Waals surface area (Å²) in [4.78, 5) is 5.07. The molecule has 0 aliphatic carbocycles. The Hall–Kier alpha value is -1.06. The van der Waals surface area contributed by atoms with Gasteiger partial charge in [-0.25, -0.2) is 0 Å². The van der Waals surface area contributed by atoms with Crippen LogP contribution < -0.4 is 5.73 Å². The lowest BCUT2D eigenvalue weighted by molar-refractivity contribution is 0.127. The fraction of sp³-hybridized carbons (Fsp3) is 0.571. The molecule has 0 bridgehead atoms. The molecular weight excluding hydrogens is 210 g/mol. The fourth-order valence-corrected chi connectivity index (χ4v) is 2.44. The van der Waals surface area contributed by atoms with Gasteiger partial charge in [0, 0.05) is 38.4 Å². The van der Waals surface area contributed by atoms with E-state index >= 15 is 0 Å². The maximum atomic E-state index is 5.80. The molecule has 94 valence electrons. The van der Waals surface area contributed by atoms with Crippen LogP contribution in [0.5, 0.6) is 0 Å². The summed E-state index contributed by atoms with van der Waals surface area (Å²) in [6.45, 7) is 9.28. The summed E-state index contributed by atoms with van der Waals surface area (Å²) in [6, 6.07) is 8.23. The number of nitrogens with zero attached hydrogens (tertiary/aromatic N) is 2. The van der Waals surface area contributed by atoms with Crippen molar-refractivity contribution in [2.24, 2.45) is 0 Å². The van der Waals surface area contributed by atoms with Crippen LogP contribution in [0.25, 0.3) is 0 Å². The molecule has 3 heteroatoms. The highest BCUT2D eigenvalue weighted by Crippen LogP contribution is 2.11. The molecule has 1 aromatic carbocycles. The van der Waals surface area contributed by atoms with Crippen molar-refractivity contribution < 1.29 is 0 Å². The lowest BCUT2D eigenvalue weighted by Gasteiger charge is -2.34. The second-order valence-corrected chi connectivity index (χ2v) is 4.86. The number of hydrogen-bond acceptors (Lipinski definition) is 3. The van der Waals surface area contributed by atoms with Crippen molar-refractivity contribution in [3.05, 3.63) is 29.8 Å². The van der Waals surface area contributed by atoms with Crippen LogP contribution in [0, 0.1) is 0 Å². The summed E-state index contributed by atoms with van der Waals surface area (Å²) in [6.07, 6.45) is 1.26. The summed E-state index contributed by atoms with van der Waals surface area (Å²) >= 11 is 0. The van der Waals surface area contributed by atoms with E-state index in [0.717, 1.165) is 12.2 Å². The standard InChI is InChI=1S/C14H23N3/c1-2-6-16-7-9-17(10-8-16)12-13-4-3-5-14(15)11-13/h3-5,11H,2,6-10,12,15H2,1H3. The molecule has 1 fully saturated rings. The van der Waals surface area contributed by atoms with Gasteiger partial charge in [0.2, 0.25) is 0 Å². The maximum Gasteiger partial charge on any atom is 0.0317 e. The zero-order chi connectivity index (χ0) is 12.1. The Kier molecular flexibility index (Phi) is 4.40. The van der Waals surface area contributed by atoms with Crippen LogP contribution in [-0.4, -0.2) is 42.5 Å². The summed E-state index contributed by atoms with van der Waals surface area (Å²) in [5, 5.41) is 0. The van der Waals surface area contributed by atoms with Crippen LogP contribution in [0.15, 0.2) is 24.3 Å². The molecule has 0 spiro atoms. The minimum absolute atomic E-state index is 0.868. The molecule has 2 rings (SSSR count). The van der Waals surface area contributed by atoms with E-state index in [1.165, 1.54) is 44.7 Å². The van der Waals surface area contributed by atoms with Gasteiger partial charge in [0.15, 0.2) is 0 Å². The largest absolute Gasteiger partial charge is 0.399 e. The van der Waals surface area contributed by atoms with Crippen molar-refractivity contribution >= 4 is 5.69 Å². The Balaban J connectivity index is 1.82. The molecule has 0 atom stereocenters. The highest BCUT2D eigenvalue weighted by Gasteiger charge is 2.15. The van der Waals surface area contributed by atoms with E-state index in [4.69, 9.17) is 5.73 Å². The molecule has 1 aromatic rings. The van der Waals surface area contributed by atoms with Gasteiger partial charge in [-0.1, -0.05) is 19.1 Å². The third kappa shape index (κ3) is 3.72. The van der Waals surface area contributed by atoms with Gasteiger partial charge in [0.05, 0.1) is 0 Å². The molecule has 3 nitrogen and oxygen atoms in total. The van der Waals surface area contributed by atoms with E-state index < -0.39 is 0 Å². The number of nitrogens with two attached hydrogens (primary N) is 1. The Morgan fingerprint density at radius 3 is 2.47 bits per heavy atom. The molecule has 1 aliphatic rings. The molecule has 2 N–H and O–H groups in total. The normalized spacial score (nSPS) is 18.4. The van der Waals surface area contributed by atoms with Crippen LogP contribution in [-0.2, 0) is 6.54 Å². The molecular formula is C14H23N3. The van der Waals surface area contributed by atoms with E-state index in [0.29, 0.717) is 0 Å². The van der Waals surface area contributed by atoms with E-state index in [-0.39, 0.29) is 0 Å². The van der Waals surface area contributed by atoms with Gasteiger partial charge in [-0.05, 0) is 30.7 Å². The van der Waals surface area contributed by atoms with Crippen molar-refractivity contribution in [1.29, 1.82) is 0 Å². The Morgan fingerprint density at radius 1 is 1.12 bits per heavy atom. The molecule has 0 aromatic heterocycles. The zero-order valence-corrected chi connectivity index (χ0v) is 10.7. The average molecular weight is 233 g/mol. The van der Waals surface area contributed by atoms with Crippen molar-refractivity contribution in [2.75, 3.05) is 38.5 Å². The van der Waals surface area contributed by atoms with E-state index in [1.54, 1.807) is 0 Å². The van der Waals surface area contributed by atoms with Crippen LogP contribution in [0.4, 0.5) is 5.69 Å². The lowest BCUT2D eigenvalue weighted by atomic mass is 10.2. The van der Waals surface area contributed by atoms with Crippen molar-refractivity contribution in [3.63, 3.8) is 0 Å². The van der Waals surface area contributed by atoms with Gasteiger partial charge in [0.25, 0.3) is 0 Å². The van der Waals surface area contributed by atoms with E-state index in [2.05, 4.69) is 28.9 Å². The number of benzene rings is 1. The first-order valence-corrected chi connectivity index (χ1v) is 6.57. The molecule has 0 amide bonds. The van der Waals surface area contributed by atoms with Crippen molar-refractivity contribution in [3.8, 4) is 0 Å². The first-order chi connectivity index (χ1) is 8.28. The first kappa shape index (κ1) is 12.4. The predicted molar refractivity (Wildman–Crippen MR) is 72.9 cm³/mol. The van der Waals surface area contributed by atoms with Crippen LogP contribution >= 0.6 is 0 Å². The number of nitrogen functional groups attached to an aromatic ring is 1. The molecule has 0 unspecified atom stereocenters. The predicted octanol–water partition coefficient (Wildman–Crippen LogP) is 1.80. The summed E-state index contributed by atoms with van der Waals surface area (Å²) in [5.41, 5.74) is 7.99. The Morgan fingerprint density at radius 2 is 1.82 bits per heavy atom. The second kappa shape index (κ2) is 6.03. The quantitative estimate of drug-likeness (QED) is 0.805. The average Bonchev–Trinajstić information content (AvgIpc) is 2.32. The van der Waals surface area contributed by atoms with Crippen LogP contribution in [0.1, 0.15) is 18.9 Å². The molecule has 17 heavy (non-hydrogen) atoms. The molecule has 0 saturated carbocycles. The summed E-state index contributed by atoms with van der Waals surface area (Å²) in [5.74, 6) is 0. The van der Waals surface area contributed by atoms with Gasteiger partial charge in [-0.15, -0.1) is 0 Å². The summed E-state index contributed by atoms with van der Waals surface area (Å²) < 4.78 is 0. The van der Waals surface area contributed by atoms with Gasteiger partial charge >= 0.3 is 0 Å². The zero-order valence-electron chi connectivity index (χ0n) is 10.7. The SMILES string of the molecule is CCCN1CCN(Cc2cccc(N)c2)CC1. The van der Waals surface area contributed by atoms with Gasteiger partial charge < -0.3 is 10.6 Å². The molecule has 0 radical (unpaired) electrons. The highest BCUT2D eigenvalue weighted by atomic mass is 15.3. The van der Waals surface area contributed by atoms with E-state index in [1.807, 2.05) is 12.1 Å².